The summed E-state index contributed by atoms with van der Waals surface area (Å²) in [7, 11) is 0. The lowest BCUT2D eigenvalue weighted by Gasteiger charge is -2.12. The quantitative estimate of drug-likeness (QED) is 0.189. The Balaban J connectivity index is 1.24. The molecule has 0 aliphatic heterocycles. The monoisotopic (exact) mass is 627 g/mol. The number of benzene rings is 6. The highest BCUT2D eigenvalue weighted by Gasteiger charge is 2.16. The number of nitrogens with zero attached hydrogens (tertiary/aromatic N) is 5. The first-order valence-electron chi connectivity index (χ1n) is 15.9. The van der Waals surface area contributed by atoms with Crippen molar-refractivity contribution in [2.75, 3.05) is 0 Å². The first-order chi connectivity index (χ1) is 24.2. The van der Waals surface area contributed by atoms with Gasteiger partial charge >= 0.3 is 0 Å². The van der Waals surface area contributed by atoms with Crippen LogP contribution in [0.5, 0.6) is 0 Å². The van der Waals surface area contributed by atoms with Crippen LogP contribution in [0.25, 0.3) is 89.1 Å². The summed E-state index contributed by atoms with van der Waals surface area (Å²) in [5.41, 5.74) is 8.60. The van der Waals surface area contributed by atoms with Crippen LogP contribution in [-0.2, 0) is 0 Å². The number of aromatic nitrogens is 4. The molecule has 0 amide bonds. The second-order valence-corrected chi connectivity index (χ2v) is 11.9. The van der Waals surface area contributed by atoms with Gasteiger partial charge in [0.05, 0.1) is 11.6 Å². The van der Waals surface area contributed by atoms with Crippen molar-refractivity contribution in [3.8, 4) is 62.5 Å². The number of hydrogen-bond acceptors (Lipinski definition) is 6. The van der Waals surface area contributed by atoms with Gasteiger partial charge in [-0.3, -0.25) is 4.98 Å². The van der Waals surface area contributed by atoms with E-state index in [1.54, 1.807) is 12.3 Å². The summed E-state index contributed by atoms with van der Waals surface area (Å²) in [4.78, 5) is 19.5. The number of hydrogen-bond donors (Lipinski definition) is 0. The third kappa shape index (κ3) is 5.26. The highest BCUT2D eigenvalue weighted by Crippen LogP contribution is 2.37. The predicted molar refractivity (Wildman–Crippen MR) is 194 cm³/mol. The number of furan rings is 1. The molecule has 0 radical (unpaired) electrons. The van der Waals surface area contributed by atoms with Crippen LogP contribution in [-0.4, -0.2) is 19.9 Å². The van der Waals surface area contributed by atoms with Crippen LogP contribution in [0.3, 0.4) is 0 Å². The highest BCUT2D eigenvalue weighted by atomic mass is 16.3. The van der Waals surface area contributed by atoms with E-state index in [0.717, 1.165) is 66.1 Å². The minimum atomic E-state index is 0.566. The van der Waals surface area contributed by atoms with Gasteiger partial charge in [0.2, 0.25) is 0 Å². The average molecular weight is 628 g/mol. The summed E-state index contributed by atoms with van der Waals surface area (Å²) in [6, 6.07) is 48.9. The van der Waals surface area contributed by atoms with E-state index < -0.39 is 0 Å². The predicted octanol–water partition coefficient (Wildman–Crippen LogP) is 10.5. The van der Waals surface area contributed by atoms with Crippen LogP contribution in [0.15, 0.2) is 156 Å². The van der Waals surface area contributed by atoms with E-state index in [-0.39, 0.29) is 0 Å². The van der Waals surface area contributed by atoms with Crippen LogP contribution < -0.4 is 0 Å². The zero-order chi connectivity index (χ0) is 32.7. The van der Waals surface area contributed by atoms with E-state index in [0.29, 0.717) is 28.6 Å². The fraction of sp³-hybridized carbons (Fsp3) is 0. The highest BCUT2D eigenvalue weighted by molar-refractivity contribution is 6.06. The molecule has 0 aliphatic carbocycles. The molecule has 0 unspecified atom stereocenters. The molecule has 0 fully saturated rings. The lowest BCUT2D eigenvalue weighted by molar-refractivity contribution is 0.669. The van der Waals surface area contributed by atoms with Gasteiger partial charge in [-0.1, -0.05) is 78.9 Å². The standard InChI is InChI=1S/C43H25N5O/c44-25-27-12-16-37-38-17-15-31(24-40(38)49-39(37)19-27)34-21-35(33-11-6-18-45-26-33)23-36(22-34)43-47-41(29-8-2-1-3-9-29)46-42(48-43)32-14-13-28-7-4-5-10-30(28)20-32/h1-24,26H. The molecular formula is C43H25N5O. The zero-order valence-corrected chi connectivity index (χ0v) is 26.1. The fourth-order valence-electron chi connectivity index (χ4n) is 6.33. The largest absolute Gasteiger partial charge is 0.456 e. The van der Waals surface area contributed by atoms with E-state index in [1.165, 1.54) is 0 Å². The molecule has 6 aromatic carbocycles. The molecule has 0 N–H and O–H groups in total. The molecule has 0 atom stereocenters. The second-order valence-electron chi connectivity index (χ2n) is 11.9. The minimum absolute atomic E-state index is 0.566. The summed E-state index contributed by atoms with van der Waals surface area (Å²) in [5, 5.41) is 13.7. The summed E-state index contributed by atoms with van der Waals surface area (Å²) in [6.45, 7) is 0. The van der Waals surface area contributed by atoms with Crippen molar-refractivity contribution in [3.63, 3.8) is 0 Å². The molecular weight excluding hydrogens is 603 g/mol. The second kappa shape index (κ2) is 11.7. The van der Waals surface area contributed by atoms with Gasteiger partial charge in [0.1, 0.15) is 11.2 Å². The topological polar surface area (TPSA) is 88.5 Å². The molecule has 9 rings (SSSR count). The third-order valence-electron chi connectivity index (χ3n) is 8.80. The van der Waals surface area contributed by atoms with Gasteiger partial charge in [-0.2, -0.15) is 5.26 Å². The van der Waals surface area contributed by atoms with Crippen LogP contribution in [0.1, 0.15) is 5.56 Å². The Kier molecular flexibility index (Phi) is 6.74. The molecule has 49 heavy (non-hydrogen) atoms. The first kappa shape index (κ1) is 28.3. The van der Waals surface area contributed by atoms with Gasteiger partial charge < -0.3 is 4.42 Å². The first-order valence-corrected chi connectivity index (χ1v) is 15.9. The van der Waals surface area contributed by atoms with Crippen LogP contribution in [0.4, 0.5) is 0 Å². The van der Waals surface area contributed by atoms with Crippen LogP contribution in [0, 0.1) is 11.3 Å². The zero-order valence-electron chi connectivity index (χ0n) is 26.1. The minimum Gasteiger partial charge on any atom is -0.456 e. The van der Waals surface area contributed by atoms with Gasteiger partial charge in [0.25, 0.3) is 0 Å². The Bertz CT molecular complexity index is 2730. The van der Waals surface area contributed by atoms with Crippen molar-refractivity contribution >= 4 is 32.7 Å². The molecule has 3 heterocycles. The van der Waals surface area contributed by atoms with Crippen molar-refractivity contribution in [2.45, 2.75) is 0 Å². The number of pyridine rings is 1. The summed E-state index contributed by atoms with van der Waals surface area (Å²) < 4.78 is 6.25. The fourth-order valence-corrected chi connectivity index (χ4v) is 6.33. The molecule has 0 saturated heterocycles. The number of fused-ring (bicyclic) bond motifs is 4. The Morgan fingerprint density at radius 2 is 1.08 bits per heavy atom. The van der Waals surface area contributed by atoms with E-state index >= 15 is 0 Å². The SMILES string of the molecule is N#Cc1ccc2c(c1)oc1cc(-c3cc(-c4cccnc4)cc(-c4nc(-c5ccccc5)nc(-c5ccc6ccccc6c5)n4)c3)ccc12. The normalized spacial score (nSPS) is 11.2. The Hall–Kier alpha value is -6.97. The lowest BCUT2D eigenvalue weighted by Crippen LogP contribution is -2.00. The third-order valence-corrected chi connectivity index (χ3v) is 8.80. The summed E-state index contributed by atoms with van der Waals surface area (Å²) in [6.07, 6.45) is 3.64. The van der Waals surface area contributed by atoms with E-state index in [2.05, 4.69) is 83.8 Å². The lowest BCUT2D eigenvalue weighted by atomic mass is 9.95. The molecule has 3 aromatic heterocycles. The molecule has 0 bridgehead atoms. The molecule has 6 heteroatoms. The smallest absolute Gasteiger partial charge is 0.164 e. The maximum atomic E-state index is 9.40. The molecule has 0 saturated carbocycles. The average Bonchev–Trinajstić information content (AvgIpc) is 3.55. The maximum absolute atomic E-state index is 9.40. The van der Waals surface area contributed by atoms with Crippen molar-refractivity contribution in [2.24, 2.45) is 0 Å². The molecule has 0 spiro atoms. The summed E-state index contributed by atoms with van der Waals surface area (Å²) >= 11 is 0. The van der Waals surface area contributed by atoms with Crippen molar-refractivity contribution in [1.82, 2.24) is 19.9 Å². The van der Waals surface area contributed by atoms with Crippen molar-refractivity contribution in [1.29, 1.82) is 5.26 Å². The van der Waals surface area contributed by atoms with Gasteiger partial charge in [-0.25, -0.2) is 15.0 Å². The van der Waals surface area contributed by atoms with Crippen molar-refractivity contribution in [3.05, 3.63) is 157 Å². The van der Waals surface area contributed by atoms with Crippen molar-refractivity contribution < 1.29 is 4.42 Å². The van der Waals surface area contributed by atoms with E-state index in [4.69, 9.17) is 19.4 Å². The number of nitriles is 1. The Morgan fingerprint density at radius 3 is 1.86 bits per heavy atom. The van der Waals surface area contributed by atoms with E-state index in [1.807, 2.05) is 66.9 Å². The Labute approximate surface area is 281 Å². The molecule has 228 valence electrons. The molecule has 6 nitrogen and oxygen atoms in total. The number of rotatable bonds is 5. The van der Waals surface area contributed by atoms with Gasteiger partial charge in [0.15, 0.2) is 17.5 Å². The van der Waals surface area contributed by atoms with Crippen LogP contribution >= 0.6 is 0 Å². The van der Waals surface area contributed by atoms with E-state index in [9.17, 15) is 5.26 Å². The maximum Gasteiger partial charge on any atom is 0.164 e. The Morgan fingerprint density at radius 1 is 0.449 bits per heavy atom. The molecule has 9 aromatic rings. The molecule has 0 aliphatic rings. The summed E-state index contributed by atoms with van der Waals surface area (Å²) in [5.74, 6) is 1.77. The van der Waals surface area contributed by atoms with Gasteiger partial charge in [-0.15, -0.1) is 0 Å². The van der Waals surface area contributed by atoms with Crippen LogP contribution in [0.2, 0.25) is 0 Å². The van der Waals surface area contributed by atoms with Gasteiger partial charge in [-0.05, 0) is 88.1 Å². The van der Waals surface area contributed by atoms with Gasteiger partial charge in [0, 0.05) is 45.4 Å².